The molecule has 0 aromatic heterocycles. The van der Waals surface area contributed by atoms with E-state index in [2.05, 4.69) is 51.2 Å². The van der Waals surface area contributed by atoms with E-state index in [1.165, 1.54) is 12.0 Å². The van der Waals surface area contributed by atoms with Crippen molar-refractivity contribution >= 4 is 11.9 Å². The summed E-state index contributed by atoms with van der Waals surface area (Å²) in [5.74, 6) is 2.55. The van der Waals surface area contributed by atoms with Gasteiger partial charge in [0.1, 0.15) is 18.2 Å². The average molecular weight is 498 g/mol. The number of hydrogen-bond donors (Lipinski definition) is 1. The van der Waals surface area contributed by atoms with Crippen molar-refractivity contribution in [1.82, 2.24) is 5.32 Å². The van der Waals surface area contributed by atoms with Crippen molar-refractivity contribution in [3.8, 4) is 0 Å². The molecule has 1 spiro atoms. The Kier molecular flexibility index (Phi) is 6.93. The molecule has 36 heavy (non-hydrogen) atoms. The van der Waals surface area contributed by atoms with E-state index in [1.807, 2.05) is 13.8 Å². The molecule has 2 aliphatic heterocycles. The molecule has 5 heteroatoms. The number of rotatable bonds is 7. The smallest absolute Gasteiger partial charge is 0.324 e. The molecule has 10 atom stereocenters. The summed E-state index contributed by atoms with van der Waals surface area (Å²) >= 11 is 0. The van der Waals surface area contributed by atoms with Crippen LogP contribution in [0.4, 0.5) is 0 Å². The summed E-state index contributed by atoms with van der Waals surface area (Å²) in [6, 6.07) is -0.103. The second-order valence-electron chi connectivity index (χ2n) is 13.3. The molecular formula is C31H47NO4. The molecule has 3 fully saturated rings. The average Bonchev–Trinajstić information content (AvgIpc) is 3.11. The number of carbonyl (C=O) groups excluding carboxylic acids is 2. The van der Waals surface area contributed by atoms with Gasteiger partial charge in [-0.25, -0.2) is 0 Å². The van der Waals surface area contributed by atoms with Crippen LogP contribution >= 0.6 is 0 Å². The number of ether oxygens (including phenoxy) is 2. The zero-order valence-electron chi connectivity index (χ0n) is 23.2. The Bertz CT molecular complexity index is 937. The molecule has 2 heterocycles. The molecule has 0 radical (unpaired) electrons. The molecular weight excluding hydrogens is 450 g/mol. The summed E-state index contributed by atoms with van der Waals surface area (Å²) in [6.45, 7) is 13.8. The van der Waals surface area contributed by atoms with Crippen molar-refractivity contribution in [2.75, 3.05) is 6.54 Å². The number of nitrogens with one attached hydrogen (secondary N) is 1. The Morgan fingerprint density at radius 3 is 2.72 bits per heavy atom. The van der Waals surface area contributed by atoms with Gasteiger partial charge in [0.25, 0.3) is 0 Å². The molecule has 3 aliphatic carbocycles. The maximum absolute atomic E-state index is 13.1. The Hall–Kier alpha value is -1.62. The number of allylic oxidation sites excluding steroid dienone is 3. The van der Waals surface area contributed by atoms with Gasteiger partial charge in [0.2, 0.25) is 0 Å². The molecule has 5 rings (SSSR count). The van der Waals surface area contributed by atoms with Gasteiger partial charge in [0.05, 0.1) is 5.41 Å². The van der Waals surface area contributed by atoms with Gasteiger partial charge in [-0.3, -0.25) is 9.59 Å². The van der Waals surface area contributed by atoms with E-state index in [0.717, 1.165) is 45.1 Å². The lowest BCUT2D eigenvalue weighted by molar-refractivity contribution is -0.184. The first-order chi connectivity index (χ1) is 17.1. The fraction of sp³-hybridized carbons (Fsp3) is 0.806. The molecule has 0 amide bonds. The van der Waals surface area contributed by atoms with Crippen LogP contribution in [-0.2, 0) is 19.1 Å². The predicted molar refractivity (Wildman–Crippen MR) is 141 cm³/mol. The minimum absolute atomic E-state index is 0.00132. The molecule has 200 valence electrons. The van der Waals surface area contributed by atoms with Crippen molar-refractivity contribution in [2.45, 2.75) is 105 Å². The molecule has 3 unspecified atom stereocenters. The Labute approximate surface area is 217 Å². The van der Waals surface area contributed by atoms with Gasteiger partial charge < -0.3 is 14.8 Å². The topological polar surface area (TPSA) is 64.6 Å². The number of hydrogen-bond acceptors (Lipinski definition) is 5. The first-order valence-corrected chi connectivity index (χ1v) is 14.7. The molecule has 5 aliphatic rings. The van der Waals surface area contributed by atoms with Crippen LogP contribution in [0.5, 0.6) is 0 Å². The molecule has 0 aromatic carbocycles. The van der Waals surface area contributed by atoms with Crippen molar-refractivity contribution in [2.24, 2.45) is 46.3 Å². The van der Waals surface area contributed by atoms with E-state index in [9.17, 15) is 9.59 Å². The van der Waals surface area contributed by atoms with E-state index in [1.54, 1.807) is 0 Å². The van der Waals surface area contributed by atoms with Gasteiger partial charge in [0.15, 0.2) is 0 Å². The van der Waals surface area contributed by atoms with E-state index in [0.29, 0.717) is 29.6 Å². The number of carbonyl (C=O) groups is 2. The fourth-order valence-electron chi connectivity index (χ4n) is 8.32. The maximum Gasteiger partial charge on any atom is 0.324 e. The second kappa shape index (κ2) is 9.60. The zero-order valence-corrected chi connectivity index (χ0v) is 23.2. The quantitative estimate of drug-likeness (QED) is 0.448. The third-order valence-electron chi connectivity index (χ3n) is 10.9. The number of esters is 2. The molecule has 2 saturated heterocycles. The molecule has 0 aromatic rings. The highest BCUT2D eigenvalue weighted by atomic mass is 16.6. The SMILES string of the molecule is CC[C@@H]1C[C@@H]2CNC3C(=O)OC(CC[C@@H]4[C@@H]5C(=C[C@H](C)C[C@@H]5OC(=O)C(C)(C)CC)C=C[C@@H]4C)CC312. The Morgan fingerprint density at radius 2 is 2.00 bits per heavy atom. The lowest BCUT2D eigenvalue weighted by Gasteiger charge is -2.57. The third-order valence-corrected chi connectivity index (χ3v) is 10.9. The largest absolute Gasteiger partial charge is 0.461 e. The van der Waals surface area contributed by atoms with Gasteiger partial charge in [-0.2, -0.15) is 0 Å². The molecule has 0 bridgehead atoms. The van der Waals surface area contributed by atoms with Gasteiger partial charge >= 0.3 is 11.9 Å². The van der Waals surface area contributed by atoms with E-state index in [-0.39, 0.29) is 41.5 Å². The van der Waals surface area contributed by atoms with E-state index in [4.69, 9.17) is 9.47 Å². The molecule has 1 N–H and O–H groups in total. The van der Waals surface area contributed by atoms with Gasteiger partial charge in [-0.05, 0) is 94.1 Å². The summed E-state index contributed by atoms with van der Waals surface area (Å²) < 4.78 is 12.3. The first kappa shape index (κ1) is 26.0. The van der Waals surface area contributed by atoms with Crippen molar-refractivity contribution < 1.29 is 19.1 Å². The highest BCUT2D eigenvalue weighted by molar-refractivity contribution is 5.79. The summed E-state index contributed by atoms with van der Waals surface area (Å²) in [7, 11) is 0. The van der Waals surface area contributed by atoms with Crippen LogP contribution in [-0.4, -0.2) is 36.7 Å². The normalized spacial score (nSPS) is 43.4. The van der Waals surface area contributed by atoms with Crippen molar-refractivity contribution in [3.05, 3.63) is 23.8 Å². The minimum Gasteiger partial charge on any atom is -0.461 e. The van der Waals surface area contributed by atoms with Gasteiger partial charge in [-0.1, -0.05) is 52.3 Å². The second-order valence-corrected chi connectivity index (χ2v) is 13.3. The van der Waals surface area contributed by atoms with Crippen LogP contribution in [0.25, 0.3) is 0 Å². The zero-order chi connectivity index (χ0) is 25.8. The van der Waals surface area contributed by atoms with Gasteiger partial charge in [0, 0.05) is 11.3 Å². The van der Waals surface area contributed by atoms with E-state index < -0.39 is 5.41 Å². The lowest BCUT2D eigenvalue weighted by atomic mass is 9.48. The highest BCUT2D eigenvalue weighted by Gasteiger charge is 2.66. The summed E-state index contributed by atoms with van der Waals surface area (Å²) in [4.78, 5) is 26.1. The Balaban J connectivity index is 1.32. The first-order valence-electron chi connectivity index (χ1n) is 14.7. The summed E-state index contributed by atoms with van der Waals surface area (Å²) in [5.41, 5.74) is 0.975. The monoisotopic (exact) mass is 497 g/mol. The Morgan fingerprint density at radius 1 is 1.22 bits per heavy atom. The van der Waals surface area contributed by atoms with Crippen molar-refractivity contribution in [1.29, 1.82) is 0 Å². The van der Waals surface area contributed by atoms with Crippen LogP contribution in [0.1, 0.15) is 86.5 Å². The maximum atomic E-state index is 13.1. The highest BCUT2D eigenvalue weighted by Crippen LogP contribution is 2.62. The summed E-state index contributed by atoms with van der Waals surface area (Å²) in [6.07, 6.45) is 13.8. The molecule has 1 saturated carbocycles. The standard InChI is InChI=1S/C31H47NO4/c1-7-21-15-22-17-32-27-28(33)35-23(16-31(21,22)27)11-12-24-19(4)9-10-20-13-18(3)14-25(26(20)24)36-29(34)30(5,6)8-2/h9-10,13,18-19,21-27,32H,7-8,11-12,14-17H2,1-6H3/t18-,19-,21+,22+,23?,24-,25-,26-,27?,31?/m0/s1. The lowest BCUT2D eigenvalue weighted by Crippen LogP contribution is -2.61. The minimum atomic E-state index is -0.465. The van der Waals surface area contributed by atoms with Crippen molar-refractivity contribution in [3.63, 3.8) is 0 Å². The van der Waals surface area contributed by atoms with E-state index >= 15 is 0 Å². The van der Waals surface area contributed by atoms with Gasteiger partial charge in [-0.15, -0.1) is 0 Å². The van der Waals surface area contributed by atoms with Crippen LogP contribution < -0.4 is 5.32 Å². The predicted octanol–water partition coefficient (Wildman–Crippen LogP) is 5.84. The van der Waals surface area contributed by atoms with Crippen LogP contribution in [0.3, 0.4) is 0 Å². The number of cyclic esters (lactones) is 1. The van der Waals surface area contributed by atoms with Crippen LogP contribution in [0.15, 0.2) is 23.8 Å². The number of fused-ring (bicyclic) bond motifs is 1. The third kappa shape index (κ3) is 4.18. The van der Waals surface area contributed by atoms with Crippen LogP contribution in [0, 0.1) is 46.3 Å². The summed E-state index contributed by atoms with van der Waals surface area (Å²) in [5, 5.41) is 3.50. The molecule has 5 nitrogen and oxygen atoms in total. The van der Waals surface area contributed by atoms with Crippen LogP contribution in [0.2, 0.25) is 0 Å². The fourth-order valence-corrected chi connectivity index (χ4v) is 8.32.